The number of morpholine rings is 1. The second-order valence-corrected chi connectivity index (χ2v) is 7.44. The van der Waals surface area contributed by atoms with E-state index in [2.05, 4.69) is 22.4 Å². The Morgan fingerprint density at radius 1 is 1.43 bits per heavy atom. The van der Waals surface area contributed by atoms with Crippen molar-refractivity contribution in [2.75, 3.05) is 39.4 Å². The van der Waals surface area contributed by atoms with Crippen LogP contribution in [0, 0.1) is 0 Å². The molecule has 0 radical (unpaired) electrons. The normalized spacial score (nSPS) is 25.2. The van der Waals surface area contributed by atoms with Gasteiger partial charge in [0.15, 0.2) is 0 Å². The predicted molar refractivity (Wildman–Crippen MR) is 90.6 cm³/mol. The smallest absolute Gasteiger partial charge is 0.236 e. The summed E-state index contributed by atoms with van der Waals surface area (Å²) in [4.78, 5) is 18.1. The Morgan fingerprint density at radius 3 is 3.04 bits per heavy atom. The number of amides is 1. The standard InChI is InChI=1S/C17H26N2O3S/c1-14-10-19(6-8-21-14)17(20)13-18(11-15-4-2-7-22-15)12-16-5-3-9-23-16/h3,5,9,14-15H,2,4,6-8,10-13H2,1H3/t14-,15+/m0/s1. The Morgan fingerprint density at radius 2 is 2.35 bits per heavy atom. The van der Waals surface area contributed by atoms with E-state index in [1.165, 1.54) is 4.88 Å². The summed E-state index contributed by atoms with van der Waals surface area (Å²) in [5.74, 6) is 0.203. The molecule has 0 saturated carbocycles. The van der Waals surface area contributed by atoms with Crippen LogP contribution in [0.15, 0.2) is 17.5 Å². The lowest BCUT2D eigenvalue weighted by molar-refractivity contribution is -0.139. The highest BCUT2D eigenvalue weighted by molar-refractivity contribution is 7.09. The fourth-order valence-corrected chi connectivity index (χ4v) is 3.97. The van der Waals surface area contributed by atoms with E-state index in [1.54, 1.807) is 11.3 Å². The zero-order valence-electron chi connectivity index (χ0n) is 13.8. The summed E-state index contributed by atoms with van der Waals surface area (Å²) in [6, 6.07) is 4.20. The molecule has 5 nitrogen and oxygen atoms in total. The predicted octanol–water partition coefficient (Wildman–Crippen LogP) is 1.98. The van der Waals surface area contributed by atoms with Crippen LogP contribution in [-0.2, 0) is 20.8 Å². The molecular formula is C17H26N2O3S. The number of carbonyl (C=O) groups is 1. The molecule has 0 spiro atoms. The molecule has 0 N–H and O–H groups in total. The maximum absolute atomic E-state index is 12.6. The molecule has 3 rings (SSSR count). The molecule has 2 fully saturated rings. The monoisotopic (exact) mass is 338 g/mol. The van der Waals surface area contributed by atoms with Crippen LogP contribution in [0.4, 0.5) is 0 Å². The van der Waals surface area contributed by atoms with Gasteiger partial charge in [-0.2, -0.15) is 0 Å². The number of hydrogen-bond donors (Lipinski definition) is 0. The number of carbonyl (C=O) groups excluding carboxylic acids is 1. The van der Waals surface area contributed by atoms with E-state index in [1.807, 2.05) is 11.8 Å². The van der Waals surface area contributed by atoms with E-state index in [9.17, 15) is 4.79 Å². The summed E-state index contributed by atoms with van der Waals surface area (Å²) in [6.45, 7) is 7.05. The quantitative estimate of drug-likeness (QED) is 0.795. The lowest BCUT2D eigenvalue weighted by Gasteiger charge is -2.33. The van der Waals surface area contributed by atoms with Crippen molar-refractivity contribution in [1.82, 2.24) is 9.80 Å². The van der Waals surface area contributed by atoms with Crippen LogP contribution in [0.3, 0.4) is 0 Å². The van der Waals surface area contributed by atoms with Gasteiger partial charge in [-0.25, -0.2) is 0 Å². The lowest BCUT2D eigenvalue weighted by atomic mass is 10.2. The first-order valence-corrected chi connectivity index (χ1v) is 9.34. The van der Waals surface area contributed by atoms with Gasteiger partial charge in [-0.15, -0.1) is 11.3 Å². The van der Waals surface area contributed by atoms with Gasteiger partial charge >= 0.3 is 0 Å². The average molecular weight is 338 g/mol. The van der Waals surface area contributed by atoms with Gasteiger partial charge in [-0.1, -0.05) is 6.07 Å². The van der Waals surface area contributed by atoms with E-state index in [-0.39, 0.29) is 18.1 Å². The maximum atomic E-state index is 12.6. The number of thiophene rings is 1. The van der Waals surface area contributed by atoms with Crippen LogP contribution in [0.5, 0.6) is 0 Å². The van der Waals surface area contributed by atoms with Gasteiger partial charge in [-0.05, 0) is 31.2 Å². The van der Waals surface area contributed by atoms with E-state index in [0.29, 0.717) is 26.2 Å². The first kappa shape index (κ1) is 16.9. The van der Waals surface area contributed by atoms with Crippen LogP contribution in [0.2, 0.25) is 0 Å². The number of ether oxygens (including phenoxy) is 2. The Bertz CT molecular complexity index is 488. The van der Waals surface area contributed by atoms with Crippen LogP contribution in [0.25, 0.3) is 0 Å². The molecule has 0 aromatic carbocycles. The molecule has 2 aliphatic rings. The molecule has 1 amide bonds. The van der Waals surface area contributed by atoms with Crippen molar-refractivity contribution in [3.05, 3.63) is 22.4 Å². The number of nitrogens with zero attached hydrogens (tertiary/aromatic N) is 2. The minimum absolute atomic E-state index is 0.136. The third-order valence-corrected chi connectivity index (χ3v) is 5.26. The van der Waals surface area contributed by atoms with Crippen molar-refractivity contribution in [3.63, 3.8) is 0 Å². The highest BCUT2D eigenvalue weighted by atomic mass is 32.1. The highest BCUT2D eigenvalue weighted by Crippen LogP contribution is 2.17. The van der Waals surface area contributed by atoms with Crippen molar-refractivity contribution in [1.29, 1.82) is 0 Å². The number of rotatable bonds is 6. The molecular weight excluding hydrogens is 312 g/mol. The summed E-state index contributed by atoms with van der Waals surface area (Å²) < 4.78 is 11.3. The lowest BCUT2D eigenvalue weighted by Crippen LogP contribution is -2.49. The van der Waals surface area contributed by atoms with Gasteiger partial charge in [0, 0.05) is 37.7 Å². The third-order valence-electron chi connectivity index (χ3n) is 4.40. The summed E-state index contributed by atoms with van der Waals surface area (Å²) in [5.41, 5.74) is 0. The number of hydrogen-bond acceptors (Lipinski definition) is 5. The first-order chi connectivity index (χ1) is 11.2. The molecule has 3 heterocycles. The van der Waals surface area contributed by atoms with E-state index >= 15 is 0 Å². The van der Waals surface area contributed by atoms with E-state index < -0.39 is 0 Å². The van der Waals surface area contributed by atoms with Gasteiger partial charge in [0.25, 0.3) is 0 Å². The van der Waals surface area contributed by atoms with Crippen LogP contribution in [-0.4, -0.2) is 67.3 Å². The minimum Gasteiger partial charge on any atom is -0.377 e. The first-order valence-electron chi connectivity index (χ1n) is 8.46. The SMILES string of the molecule is C[C@H]1CN(C(=O)CN(Cc2cccs2)C[C@H]2CCCO2)CCO1. The molecule has 2 aliphatic heterocycles. The Labute approximate surface area is 142 Å². The zero-order valence-corrected chi connectivity index (χ0v) is 14.6. The molecule has 0 aliphatic carbocycles. The molecule has 2 saturated heterocycles. The van der Waals surface area contributed by atoms with Crippen molar-refractivity contribution >= 4 is 17.2 Å². The maximum Gasteiger partial charge on any atom is 0.236 e. The average Bonchev–Trinajstić information content (AvgIpc) is 3.21. The Kier molecular flexibility index (Phi) is 6.05. The molecule has 2 atom stereocenters. The second-order valence-electron chi connectivity index (χ2n) is 6.41. The summed E-state index contributed by atoms with van der Waals surface area (Å²) >= 11 is 1.74. The van der Waals surface area contributed by atoms with Crippen molar-refractivity contribution in [3.8, 4) is 0 Å². The van der Waals surface area contributed by atoms with Gasteiger partial charge in [0.2, 0.25) is 5.91 Å². The van der Waals surface area contributed by atoms with Gasteiger partial charge in [-0.3, -0.25) is 9.69 Å². The topological polar surface area (TPSA) is 42.0 Å². The van der Waals surface area contributed by atoms with E-state index in [4.69, 9.17) is 9.47 Å². The Balaban J connectivity index is 1.58. The summed E-state index contributed by atoms with van der Waals surface area (Å²) in [5, 5.41) is 2.09. The zero-order chi connectivity index (χ0) is 16.1. The van der Waals surface area contributed by atoms with E-state index in [0.717, 1.165) is 32.5 Å². The fraction of sp³-hybridized carbons (Fsp3) is 0.706. The molecule has 6 heteroatoms. The van der Waals surface area contributed by atoms with Crippen LogP contribution < -0.4 is 0 Å². The molecule has 0 unspecified atom stereocenters. The second kappa shape index (κ2) is 8.24. The van der Waals surface area contributed by atoms with Crippen molar-refractivity contribution in [2.24, 2.45) is 0 Å². The molecule has 128 valence electrons. The van der Waals surface area contributed by atoms with Crippen molar-refractivity contribution < 1.29 is 14.3 Å². The minimum atomic E-state index is 0.136. The third kappa shape index (κ3) is 5.01. The van der Waals surface area contributed by atoms with Crippen LogP contribution in [0.1, 0.15) is 24.6 Å². The highest BCUT2D eigenvalue weighted by Gasteiger charge is 2.25. The molecule has 23 heavy (non-hydrogen) atoms. The largest absolute Gasteiger partial charge is 0.377 e. The van der Waals surface area contributed by atoms with Gasteiger partial charge in [0.1, 0.15) is 0 Å². The fourth-order valence-electron chi connectivity index (χ4n) is 3.22. The van der Waals surface area contributed by atoms with Gasteiger partial charge < -0.3 is 14.4 Å². The summed E-state index contributed by atoms with van der Waals surface area (Å²) in [6.07, 6.45) is 2.64. The van der Waals surface area contributed by atoms with Gasteiger partial charge in [0.05, 0.1) is 25.4 Å². The molecule has 1 aromatic rings. The Hall–Kier alpha value is -0.950. The molecule has 1 aromatic heterocycles. The van der Waals surface area contributed by atoms with Crippen LogP contribution >= 0.6 is 11.3 Å². The summed E-state index contributed by atoms with van der Waals surface area (Å²) in [7, 11) is 0. The van der Waals surface area contributed by atoms with Crippen molar-refractivity contribution in [2.45, 2.75) is 38.5 Å². The molecule has 0 bridgehead atoms.